The molecule has 3 aromatic carbocycles. The number of nitrogens with zero attached hydrogens (tertiary/aromatic N) is 2. The number of hydrogen-bond acceptors (Lipinski definition) is 3. The Bertz CT molecular complexity index is 1330. The lowest BCUT2D eigenvalue weighted by Gasteiger charge is -2.17. The average molecular weight is 531 g/mol. The number of halogens is 1. The fourth-order valence-electron chi connectivity index (χ4n) is 3.99. The number of carbonyl (C=O) groups excluding carboxylic acids is 2. The minimum atomic E-state index is -0.733. The number of likely N-dealkylation sites (N-methyl/N-ethyl adjacent to an activating group) is 1. The van der Waals surface area contributed by atoms with Crippen molar-refractivity contribution >= 4 is 27.7 Å². The normalized spacial score (nSPS) is 11.6. The maximum atomic E-state index is 13.3. The van der Waals surface area contributed by atoms with Crippen LogP contribution in [-0.4, -0.2) is 34.7 Å². The number of carbonyl (C=O) groups is 2. The Morgan fingerprint density at radius 1 is 0.943 bits per heavy atom. The Kier molecular flexibility index (Phi) is 7.77. The highest BCUT2D eigenvalue weighted by molar-refractivity contribution is 9.10. The van der Waals surface area contributed by atoms with Crippen LogP contribution in [0, 0.1) is 6.92 Å². The number of amides is 2. The third kappa shape index (κ3) is 6.25. The van der Waals surface area contributed by atoms with Crippen LogP contribution in [0.4, 0.5) is 0 Å². The second-order valence-corrected chi connectivity index (χ2v) is 9.32. The SMILES string of the molecule is CNC(=O)C(Cc1cccc(Br)c1)NC(=O)c1cc(-c2ccccc2)n(Cc2cccc(C)c2)n1. The summed E-state index contributed by atoms with van der Waals surface area (Å²) in [6, 6.07) is 26.8. The summed E-state index contributed by atoms with van der Waals surface area (Å²) >= 11 is 3.46. The summed E-state index contributed by atoms with van der Waals surface area (Å²) in [6.07, 6.45) is 0.362. The largest absolute Gasteiger partial charge is 0.357 e. The van der Waals surface area contributed by atoms with E-state index in [-0.39, 0.29) is 11.6 Å². The summed E-state index contributed by atoms with van der Waals surface area (Å²) in [5, 5.41) is 10.2. The molecule has 0 saturated carbocycles. The van der Waals surface area contributed by atoms with Gasteiger partial charge in [0.15, 0.2) is 5.69 Å². The van der Waals surface area contributed by atoms with E-state index in [1.165, 1.54) is 0 Å². The molecule has 4 aromatic rings. The van der Waals surface area contributed by atoms with Gasteiger partial charge in [0.05, 0.1) is 12.2 Å². The van der Waals surface area contributed by atoms with Gasteiger partial charge in [0.1, 0.15) is 6.04 Å². The molecule has 1 atom stereocenters. The van der Waals surface area contributed by atoms with Crippen molar-refractivity contribution in [3.63, 3.8) is 0 Å². The number of benzene rings is 3. The second-order valence-electron chi connectivity index (χ2n) is 8.40. The predicted molar refractivity (Wildman–Crippen MR) is 141 cm³/mol. The van der Waals surface area contributed by atoms with Crippen molar-refractivity contribution in [3.8, 4) is 11.3 Å². The summed E-state index contributed by atoms with van der Waals surface area (Å²) in [4.78, 5) is 25.8. The Labute approximate surface area is 213 Å². The highest BCUT2D eigenvalue weighted by atomic mass is 79.9. The van der Waals surface area contributed by atoms with Gasteiger partial charge in [-0.25, -0.2) is 0 Å². The molecule has 2 N–H and O–H groups in total. The fraction of sp³-hybridized carbons (Fsp3) is 0.179. The van der Waals surface area contributed by atoms with E-state index < -0.39 is 11.9 Å². The van der Waals surface area contributed by atoms with Gasteiger partial charge in [0.25, 0.3) is 5.91 Å². The molecule has 178 valence electrons. The molecule has 2 amide bonds. The van der Waals surface area contributed by atoms with Crippen LogP contribution in [0.5, 0.6) is 0 Å². The molecule has 1 unspecified atom stereocenters. The zero-order chi connectivity index (χ0) is 24.8. The van der Waals surface area contributed by atoms with Crippen LogP contribution in [-0.2, 0) is 17.8 Å². The van der Waals surface area contributed by atoms with Crippen molar-refractivity contribution in [3.05, 3.63) is 112 Å². The Morgan fingerprint density at radius 3 is 2.40 bits per heavy atom. The van der Waals surface area contributed by atoms with E-state index in [9.17, 15) is 9.59 Å². The molecule has 0 aliphatic rings. The van der Waals surface area contributed by atoms with Gasteiger partial charge in [0, 0.05) is 17.9 Å². The van der Waals surface area contributed by atoms with Gasteiger partial charge in [-0.1, -0.05) is 88.2 Å². The zero-order valence-electron chi connectivity index (χ0n) is 19.7. The molecule has 1 aromatic heterocycles. The molecule has 0 spiro atoms. The first-order chi connectivity index (χ1) is 16.9. The average Bonchev–Trinajstić information content (AvgIpc) is 3.27. The van der Waals surface area contributed by atoms with E-state index in [4.69, 9.17) is 0 Å². The monoisotopic (exact) mass is 530 g/mol. The van der Waals surface area contributed by atoms with Crippen molar-refractivity contribution in [2.45, 2.75) is 25.9 Å². The molecule has 0 aliphatic carbocycles. The van der Waals surface area contributed by atoms with Crippen LogP contribution in [0.3, 0.4) is 0 Å². The van der Waals surface area contributed by atoms with Gasteiger partial charge >= 0.3 is 0 Å². The first-order valence-electron chi connectivity index (χ1n) is 11.4. The summed E-state index contributed by atoms with van der Waals surface area (Å²) in [5.74, 6) is -0.658. The van der Waals surface area contributed by atoms with Crippen LogP contribution in [0.15, 0.2) is 89.4 Å². The van der Waals surface area contributed by atoms with Crippen LogP contribution >= 0.6 is 15.9 Å². The molecule has 1 heterocycles. The lowest BCUT2D eigenvalue weighted by molar-refractivity contribution is -0.122. The van der Waals surface area contributed by atoms with Gasteiger partial charge in [-0.2, -0.15) is 5.10 Å². The molecule has 0 bridgehead atoms. The van der Waals surface area contributed by atoms with E-state index in [1.54, 1.807) is 13.1 Å². The number of rotatable bonds is 8. The predicted octanol–water partition coefficient (Wildman–Crippen LogP) is 4.76. The van der Waals surface area contributed by atoms with Crippen molar-refractivity contribution in [2.75, 3.05) is 7.05 Å². The Balaban J connectivity index is 1.62. The molecule has 0 saturated heterocycles. The van der Waals surface area contributed by atoms with Crippen LogP contribution in [0.1, 0.15) is 27.2 Å². The Morgan fingerprint density at radius 2 is 1.69 bits per heavy atom. The summed E-state index contributed by atoms with van der Waals surface area (Å²) in [5.41, 5.74) is 5.25. The third-order valence-corrected chi connectivity index (χ3v) is 6.19. The molecule has 0 radical (unpaired) electrons. The third-order valence-electron chi connectivity index (χ3n) is 5.69. The van der Waals surface area contributed by atoms with Gasteiger partial charge in [0.2, 0.25) is 5.91 Å². The smallest absolute Gasteiger partial charge is 0.272 e. The van der Waals surface area contributed by atoms with E-state index in [0.29, 0.717) is 13.0 Å². The maximum absolute atomic E-state index is 13.3. The fourth-order valence-corrected chi connectivity index (χ4v) is 4.43. The molecule has 6 nitrogen and oxygen atoms in total. The van der Waals surface area contributed by atoms with Crippen molar-refractivity contribution < 1.29 is 9.59 Å². The Hall–Kier alpha value is -3.71. The highest BCUT2D eigenvalue weighted by Gasteiger charge is 2.23. The number of nitrogens with one attached hydrogen (secondary N) is 2. The molecule has 4 rings (SSSR count). The molecule has 35 heavy (non-hydrogen) atoms. The van der Waals surface area contributed by atoms with Gasteiger partial charge < -0.3 is 10.6 Å². The zero-order valence-corrected chi connectivity index (χ0v) is 21.2. The standard InChI is InChI=1S/C28H27BrN4O2/c1-19-8-6-10-21(14-19)18-33-26(22-11-4-3-5-12-22)17-25(32-33)28(35)31-24(27(34)30-2)16-20-9-7-13-23(29)15-20/h3-15,17,24H,16,18H2,1-2H3,(H,30,34)(H,31,35). The van der Waals surface area contributed by atoms with E-state index in [1.807, 2.05) is 84.4 Å². The van der Waals surface area contributed by atoms with E-state index in [2.05, 4.69) is 37.7 Å². The van der Waals surface area contributed by atoms with Crippen molar-refractivity contribution in [1.82, 2.24) is 20.4 Å². The second kappa shape index (κ2) is 11.1. The van der Waals surface area contributed by atoms with Crippen LogP contribution in [0.25, 0.3) is 11.3 Å². The first-order valence-corrected chi connectivity index (χ1v) is 12.2. The van der Waals surface area contributed by atoms with E-state index >= 15 is 0 Å². The van der Waals surface area contributed by atoms with Crippen LogP contribution < -0.4 is 10.6 Å². The first kappa shape index (κ1) is 24.4. The van der Waals surface area contributed by atoms with Gasteiger partial charge in [-0.15, -0.1) is 0 Å². The van der Waals surface area contributed by atoms with Gasteiger partial charge in [-0.3, -0.25) is 14.3 Å². The minimum absolute atomic E-state index is 0.263. The van der Waals surface area contributed by atoms with E-state index in [0.717, 1.165) is 32.4 Å². The lowest BCUT2D eigenvalue weighted by Crippen LogP contribution is -2.47. The maximum Gasteiger partial charge on any atom is 0.272 e. The summed E-state index contributed by atoms with van der Waals surface area (Å²) in [6.45, 7) is 2.57. The quantitative estimate of drug-likeness (QED) is 0.345. The number of aryl methyl sites for hydroxylation is 1. The van der Waals surface area contributed by atoms with Crippen molar-refractivity contribution in [1.29, 1.82) is 0 Å². The lowest BCUT2D eigenvalue weighted by atomic mass is 10.0. The molecular formula is C28H27BrN4O2. The van der Waals surface area contributed by atoms with Gasteiger partial charge in [-0.05, 0) is 41.8 Å². The number of aromatic nitrogens is 2. The summed E-state index contributed by atoms with van der Waals surface area (Å²) < 4.78 is 2.75. The molecule has 7 heteroatoms. The van der Waals surface area contributed by atoms with Crippen LogP contribution in [0.2, 0.25) is 0 Å². The minimum Gasteiger partial charge on any atom is -0.357 e. The number of hydrogen-bond donors (Lipinski definition) is 2. The summed E-state index contributed by atoms with van der Waals surface area (Å²) in [7, 11) is 1.56. The molecule has 0 aliphatic heterocycles. The molecule has 0 fully saturated rings. The highest BCUT2D eigenvalue weighted by Crippen LogP contribution is 2.22. The molecular weight excluding hydrogens is 504 g/mol. The van der Waals surface area contributed by atoms with Crippen molar-refractivity contribution in [2.24, 2.45) is 0 Å². The topological polar surface area (TPSA) is 76.0 Å².